The highest BCUT2D eigenvalue weighted by molar-refractivity contribution is 6.31. The predicted octanol–water partition coefficient (Wildman–Crippen LogP) is 3.06. The first kappa shape index (κ1) is 15.8. The van der Waals surface area contributed by atoms with E-state index in [0.29, 0.717) is 11.4 Å². The zero-order valence-electron chi connectivity index (χ0n) is 12.2. The molecule has 0 bridgehead atoms. The zero-order valence-corrected chi connectivity index (χ0v) is 12.9. The summed E-state index contributed by atoms with van der Waals surface area (Å²) in [5.41, 5.74) is 0.968. The van der Waals surface area contributed by atoms with Crippen molar-refractivity contribution in [2.24, 2.45) is 11.8 Å². The van der Waals surface area contributed by atoms with Gasteiger partial charge in [-0.2, -0.15) is 0 Å². The van der Waals surface area contributed by atoms with Gasteiger partial charge in [0.15, 0.2) is 0 Å². The number of nitrogens with one attached hydrogen (secondary N) is 1. The highest BCUT2D eigenvalue weighted by Crippen LogP contribution is 2.49. The van der Waals surface area contributed by atoms with E-state index in [4.69, 9.17) is 16.7 Å². The number of halogens is 1. The molecule has 0 spiro atoms. The molecule has 5 heteroatoms. The summed E-state index contributed by atoms with van der Waals surface area (Å²) >= 11 is 6.13. The number of carboxylic acids is 1. The van der Waals surface area contributed by atoms with E-state index >= 15 is 0 Å². The Morgan fingerprint density at radius 1 is 1.38 bits per heavy atom. The number of hydrogen-bond donors (Lipinski definition) is 2. The van der Waals surface area contributed by atoms with E-state index in [1.165, 1.54) is 0 Å². The van der Waals surface area contributed by atoms with E-state index in [0.717, 1.165) is 12.0 Å². The number of aliphatic carboxylic acids is 1. The van der Waals surface area contributed by atoms with Crippen molar-refractivity contribution >= 4 is 23.5 Å². The van der Waals surface area contributed by atoms with Crippen LogP contribution in [0.15, 0.2) is 24.3 Å². The quantitative estimate of drug-likeness (QED) is 0.848. The highest BCUT2D eigenvalue weighted by atomic mass is 35.5. The summed E-state index contributed by atoms with van der Waals surface area (Å²) in [5.74, 6) is -1.02. The lowest BCUT2D eigenvalue weighted by Gasteiger charge is -2.16. The number of carboxylic acid groups (broad SMARTS) is 1. The van der Waals surface area contributed by atoms with Crippen LogP contribution in [0.4, 0.5) is 0 Å². The molecule has 1 aromatic carbocycles. The minimum atomic E-state index is -0.980. The minimum Gasteiger partial charge on any atom is -0.480 e. The molecule has 4 nitrogen and oxygen atoms in total. The van der Waals surface area contributed by atoms with Crippen LogP contribution in [0, 0.1) is 11.8 Å². The fourth-order valence-corrected chi connectivity index (χ4v) is 2.85. The Hall–Kier alpha value is -1.55. The van der Waals surface area contributed by atoms with Crippen molar-refractivity contribution in [2.45, 2.75) is 38.6 Å². The van der Waals surface area contributed by atoms with Crippen molar-refractivity contribution in [3.05, 3.63) is 34.9 Å². The number of carbonyl (C=O) groups is 2. The third-order valence-corrected chi connectivity index (χ3v) is 4.10. The van der Waals surface area contributed by atoms with Crippen LogP contribution in [0.3, 0.4) is 0 Å². The van der Waals surface area contributed by atoms with Crippen molar-refractivity contribution in [3.8, 4) is 0 Å². The van der Waals surface area contributed by atoms with Crippen LogP contribution < -0.4 is 5.32 Å². The third kappa shape index (κ3) is 3.97. The molecule has 1 fully saturated rings. The first-order valence-corrected chi connectivity index (χ1v) is 7.55. The van der Waals surface area contributed by atoms with Gasteiger partial charge < -0.3 is 10.4 Å². The van der Waals surface area contributed by atoms with Gasteiger partial charge in [-0.05, 0) is 36.3 Å². The topological polar surface area (TPSA) is 66.4 Å². The van der Waals surface area contributed by atoms with Gasteiger partial charge >= 0.3 is 5.97 Å². The molecule has 1 aliphatic rings. The fourth-order valence-electron chi connectivity index (χ4n) is 2.58. The Kier molecular flexibility index (Phi) is 4.88. The maximum absolute atomic E-state index is 12.2. The molecular weight excluding hydrogens is 290 g/mol. The van der Waals surface area contributed by atoms with E-state index in [1.807, 2.05) is 38.1 Å². The van der Waals surface area contributed by atoms with Crippen LogP contribution in [-0.4, -0.2) is 23.0 Å². The van der Waals surface area contributed by atoms with E-state index in [-0.39, 0.29) is 23.7 Å². The lowest BCUT2D eigenvalue weighted by Crippen LogP contribution is -2.42. The van der Waals surface area contributed by atoms with Crippen molar-refractivity contribution in [1.29, 1.82) is 0 Å². The van der Waals surface area contributed by atoms with Gasteiger partial charge in [-0.25, -0.2) is 4.79 Å². The summed E-state index contributed by atoms with van der Waals surface area (Å²) < 4.78 is 0. The molecule has 0 aromatic heterocycles. The first-order valence-electron chi connectivity index (χ1n) is 7.17. The van der Waals surface area contributed by atoms with Gasteiger partial charge in [0.2, 0.25) is 5.91 Å². The fraction of sp³-hybridized carbons (Fsp3) is 0.500. The van der Waals surface area contributed by atoms with Crippen LogP contribution >= 0.6 is 11.6 Å². The molecule has 2 N–H and O–H groups in total. The average Bonchev–Trinajstić information content (AvgIpc) is 3.18. The molecular formula is C16H20ClNO3. The Bertz CT molecular complexity index is 544. The summed E-state index contributed by atoms with van der Waals surface area (Å²) in [4.78, 5) is 23.4. The Labute approximate surface area is 129 Å². The molecule has 0 heterocycles. The molecule has 1 aromatic rings. The normalized spacial score (nSPS) is 21.9. The van der Waals surface area contributed by atoms with Gasteiger partial charge in [0, 0.05) is 10.9 Å². The Morgan fingerprint density at radius 2 is 2.05 bits per heavy atom. The second-order valence-electron chi connectivity index (χ2n) is 6.00. The summed E-state index contributed by atoms with van der Waals surface area (Å²) in [6, 6.07) is 6.66. The lowest BCUT2D eigenvalue weighted by atomic mass is 10.0. The van der Waals surface area contributed by atoms with E-state index in [1.54, 1.807) is 0 Å². The molecule has 0 radical (unpaired) electrons. The standard InChI is InChI=1S/C16H20ClNO3/c1-9(2)7-14(16(20)21)18-15(19)12-8-11(12)10-5-3-4-6-13(10)17/h3-6,9,11-12,14H,7-8H2,1-2H3,(H,18,19)(H,20,21). The molecule has 1 aliphatic carbocycles. The second-order valence-corrected chi connectivity index (χ2v) is 6.41. The van der Waals surface area contributed by atoms with Crippen molar-refractivity contribution in [1.82, 2.24) is 5.32 Å². The van der Waals surface area contributed by atoms with Crippen LogP contribution in [-0.2, 0) is 9.59 Å². The zero-order chi connectivity index (χ0) is 15.6. The monoisotopic (exact) mass is 309 g/mol. The summed E-state index contributed by atoms with van der Waals surface area (Å²) in [5, 5.41) is 12.5. The smallest absolute Gasteiger partial charge is 0.326 e. The second kappa shape index (κ2) is 6.48. The van der Waals surface area contributed by atoms with Gasteiger partial charge in [-0.1, -0.05) is 43.6 Å². The molecule has 3 unspecified atom stereocenters. The number of hydrogen-bond acceptors (Lipinski definition) is 2. The van der Waals surface area contributed by atoms with Gasteiger partial charge in [0.1, 0.15) is 6.04 Å². The predicted molar refractivity (Wildman–Crippen MR) is 81.3 cm³/mol. The largest absolute Gasteiger partial charge is 0.480 e. The van der Waals surface area contributed by atoms with Crippen LogP contribution in [0.1, 0.15) is 38.2 Å². The molecule has 0 aliphatic heterocycles. The maximum atomic E-state index is 12.2. The van der Waals surface area contributed by atoms with Crippen LogP contribution in [0.2, 0.25) is 5.02 Å². The molecule has 21 heavy (non-hydrogen) atoms. The minimum absolute atomic E-state index is 0.104. The van der Waals surface area contributed by atoms with Crippen molar-refractivity contribution in [3.63, 3.8) is 0 Å². The number of benzene rings is 1. The number of carbonyl (C=O) groups excluding carboxylic acids is 1. The van der Waals surface area contributed by atoms with Crippen LogP contribution in [0.5, 0.6) is 0 Å². The SMILES string of the molecule is CC(C)CC(NC(=O)C1CC1c1ccccc1Cl)C(=O)O. The molecule has 1 amide bonds. The van der Waals surface area contributed by atoms with Gasteiger partial charge in [-0.3, -0.25) is 4.79 Å². The first-order chi connectivity index (χ1) is 9.90. The molecule has 0 saturated heterocycles. The molecule has 3 atom stereocenters. The van der Waals surface area contributed by atoms with E-state index < -0.39 is 12.0 Å². The van der Waals surface area contributed by atoms with Crippen molar-refractivity contribution in [2.75, 3.05) is 0 Å². The van der Waals surface area contributed by atoms with Crippen LogP contribution in [0.25, 0.3) is 0 Å². The molecule has 2 rings (SSSR count). The summed E-state index contributed by atoms with van der Waals surface area (Å²) in [7, 11) is 0. The lowest BCUT2D eigenvalue weighted by molar-refractivity contribution is -0.142. The van der Waals surface area contributed by atoms with Crippen molar-refractivity contribution < 1.29 is 14.7 Å². The number of rotatable bonds is 6. The molecule has 114 valence electrons. The van der Waals surface area contributed by atoms with Gasteiger partial charge in [0.05, 0.1) is 0 Å². The Balaban J connectivity index is 1.96. The molecule has 1 saturated carbocycles. The van der Waals surface area contributed by atoms with E-state index in [2.05, 4.69) is 5.32 Å². The van der Waals surface area contributed by atoms with E-state index in [9.17, 15) is 9.59 Å². The third-order valence-electron chi connectivity index (χ3n) is 3.75. The summed E-state index contributed by atoms with van der Waals surface area (Å²) in [6.07, 6.45) is 1.16. The van der Waals surface area contributed by atoms with Gasteiger partial charge in [0.25, 0.3) is 0 Å². The average molecular weight is 310 g/mol. The van der Waals surface area contributed by atoms with Gasteiger partial charge in [-0.15, -0.1) is 0 Å². The number of amides is 1. The summed E-state index contributed by atoms with van der Waals surface area (Å²) in [6.45, 7) is 3.87. The maximum Gasteiger partial charge on any atom is 0.326 e. The Morgan fingerprint density at radius 3 is 2.62 bits per heavy atom. The highest BCUT2D eigenvalue weighted by Gasteiger charge is 2.45.